The molecule has 2 fully saturated rings. The Kier molecular flexibility index (Phi) is 4.16. The van der Waals surface area contributed by atoms with Crippen LogP contribution in [-0.2, 0) is 17.5 Å². The van der Waals surface area contributed by atoms with Crippen molar-refractivity contribution in [2.24, 2.45) is 0 Å². The van der Waals surface area contributed by atoms with Crippen molar-refractivity contribution in [3.63, 3.8) is 0 Å². The van der Waals surface area contributed by atoms with Gasteiger partial charge in [0.25, 0.3) is 0 Å². The lowest BCUT2D eigenvalue weighted by molar-refractivity contribution is -0.139. The van der Waals surface area contributed by atoms with Crippen molar-refractivity contribution < 1.29 is 17.9 Å². The summed E-state index contributed by atoms with van der Waals surface area (Å²) in [6, 6.07) is 5.18. The number of hydrogen-bond acceptors (Lipinski definition) is 2. The van der Waals surface area contributed by atoms with E-state index in [9.17, 15) is 13.2 Å². The number of nitrogens with zero attached hydrogens (tertiary/aromatic N) is 1. The van der Waals surface area contributed by atoms with Gasteiger partial charge in [-0.2, -0.15) is 13.2 Å². The van der Waals surface area contributed by atoms with Gasteiger partial charge in [-0.1, -0.05) is 18.6 Å². The molecule has 2 nitrogen and oxygen atoms in total. The highest BCUT2D eigenvalue weighted by Crippen LogP contribution is 2.43. The van der Waals surface area contributed by atoms with E-state index < -0.39 is 11.7 Å². The molecule has 2 atom stereocenters. The highest BCUT2D eigenvalue weighted by Gasteiger charge is 2.44. The molecule has 1 saturated carbocycles. The number of halogens is 4. The van der Waals surface area contributed by atoms with E-state index in [1.807, 2.05) is 6.07 Å². The van der Waals surface area contributed by atoms with Gasteiger partial charge < -0.3 is 4.74 Å². The molecule has 2 unspecified atom stereocenters. The summed E-state index contributed by atoms with van der Waals surface area (Å²) < 4.78 is 45.1. The SMILES string of the molecule is Cl.FC(F)(F)c1cccc2c1COC1CN(C3CCC3)CC21. The van der Waals surface area contributed by atoms with Gasteiger partial charge in [-0.15, -0.1) is 12.4 Å². The number of rotatable bonds is 1. The van der Waals surface area contributed by atoms with Crippen molar-refractivity contribution in [1.82, 2.24) is 4.90 Å². The molecule has 122 valence electrons. The topological polar surface area (TPSA) is 12.5 Å². The summed E-state index contributed by atoms with van der Waals surface area (Å²) >= 11 is 0. The van der Waals surface area contributed by atoms with Crippen molar-refractivity contribution in [3.05, 3.63) is 34.9 Å². The van der Waals surface area contributed by atoms with Crippen LogP contribution in [0.25, 0.3) is 0 Å². The molecule has 2 heterocycles. The molecular weight excluding hydrogens is 315 g/mol. The third-order valence-corrected chi connectivity index (χ3v) is 5.24. The smallest absolute Gasteiger partial charge is 0.371 e. The Morgan fingerprint density at radius 1 is 1.14 bits per heavy atom. The number of benzene rings is 1. The first kappa shape index (κ1) is 16.1. The van der Waals surface area contributed by atoms with E-state index >= 15 is 0 Å². The average Bonchev–Trinajstić information content (AvgIpc) is 2.78. The van der Waals surface area contributed by atoms with Crippen LogP contribution in [0, 0.1) is 0 Å². The van der Waals surface area contributed by atoms with Crippen LogP contribution in [0.3, 0.4) is 0 Å². The largest absolute Gasteiger partial charge is 0.416 e. The van der Waals surface area contributed by atoms with Crippen molar-refractivity contribution in [3.8, 4) is 0 Å². The Hall–Kier alpha value is -0.780. The summed E-state index contributed by atoms with van der Waals surface area (Å²) in [4.78, 5) is 2.41. The third kappa shape index (κ3) is 2.53. The molecule has 4 rings (SSSR count). The normalized spacial score (nSPS) is 28.5. The fourth-order valence-electron chi connectivity index (χ4n) is 3.89. The fourth-order valence-corrected chi connectivity index (χ4v) is 3.89. The second-order valence-corrected chi connectivity index (χ2v) is 6.37. The van der Waals surface area contributed by atoms with Crippen LogP contribution in [0.2, 0.25) is 0 Å². The molecule has 6 heteroatoms. The molecule has 1 aliphatic carbocycles. The zero-order valence-electron chi connectivity index (χ0n) is 12.1. The van der Waals surface area contributed by atoms with Crippen LogP contribution in [0.15, 0.2) is 18.2 Å². The fraction of sp³-hybridized carbons (Fsp3) is 0.625. The first-order valence-corrected chi connectivity index (χ1v) is 7.58. The lowest BCUT2D eigenvalue weighted by Gasteiger charge is -2.34. The first-order chi connectivity index (χ1) is 10.0. The van der Waals surface area contributed by atoms with Gasteiger partial charge >= 0.3 is 6.18 Å². The van der Waals surface area contributed by atoms with Crippen molar-refractivity contribution >= 4 is 12.4 Å². The number of alkyl halides is 3. The van der Waals surface area contributed by atoms with Gasteiger partial charge in [-0.05, 0) is 30.0 Å². The second-order valence-electron chi connectivity index (χ2n) is 6.37. The molecule has 0 spiro atoms. The molecule has 1 aromatic carbocycles. The van der Waals surface area contributed by atoms with Crippen LogP contribution < -0.4 is 0 Å². The zero-order chi connectivity index (χ0) is 14.6. The van der Waals surface area contributed by atoms with Crippen molar-refractivity contribution in [2.45, 2.75) is 50.1 Å². The first-order valence-electron chi connectivity index (χ1n) is 7.58. The molecule has 22 heavy (non-hydrogen) atoms. The van der Waals surface area contributed by atoms with E-state index in [4.69, 9.17) is 4.74 Å². The number of hydrogen-bond donors (Lipinski definition) is 0. The molecule has 0 aromatic heterocycles. The monoisotopic (exact) mass is 333 g/mol. The Morgan fingerprint density at radius 3 is 2.55 bits per heavy atom. The lowest BCUT2D eigenvalue weighted by Crippen LogP contribution is -2.39. The minimum absolute atomic E-state index is 0. The van der Waals surface area contributed by atoms with Crippen molar-refractivity contribution in [1.29, 1.82) is 0 Å². The number of ether oxygens (including phenoxy) is 1. The highest BCUT2D eigenvalue weighted by atomic mass is 35.5. The molecule has 1 saturated heterocycles. The molecule has 3 aliphatic rings. The van der Waals surface area contributed by atoms with Crippen LogP contribution in [0.4, 0.5) is 13.2 Å². The van der Waals surface area contributed by atoms with E-state index in [1.165, 1.54) is 31.4 Å². The van der Waals surface area contributed by atoms with Crippen molar-refractivity contribution in [2.75, 3.05) is 13.1 Å². The molecule has 1 aromatic rings. The Labute approximate surface area is 134 Å². The summed E-state index contributed by atoms with van der Waals surface area (Å²) in [5.74, 6) is 0.0941. The minimum atomic E-state index is -4.30. The highest BCUT2D eigenvalue weighted by molar-refractivity contribution is 5.85. The van der Waals surface area contributed by atoms with Gasteiger partial charge in [-0.25, -0.2) is 0 Å². The van der Waals surface area contributed by atoms with Crippen LogP contribution >= 0.6 is 12.4 Å². The lowest BCUT2D eigenvalue weighted by atomic mass is 9.87. The molecule has 0 radical (unpaired) electrons. The van der Waals surface area contributed by atoms with Gasteiger partial charge in [0.2, 0.25) is 0 Å². The third-order valence-electron chi connectivity index (χ3n) is 5.24. The van der Waals surface area contributed by atoms with Gasteiger partial charge in [-0.3, -0.25) is 4.90 Å². The second kappa shape index (κ2) is 5.69. The van der Waals surface area contributed by atoms with E-state index in [1.54, 1.807) is 0 Å². The van der Waals surface area contributed by atoms with E-state index in [-0.39, 0.29) is 31.0 Å². The standard InChI is InChI=1S/C16H18F3NO.ClH/c17-16(18,19)14-6-2-5-11-12-7-20(10-3-1-4-10)8-15(12)21-9-13(11)14;/h2,5-6,10,12,15H,1,3-4,7-9H2;1H. The maximum absolute atomic E-state index is 13.1. The summed E-state index contributed by atoms with van der Waals surface area (Å²) in [6.07, 6.45) is -0.536. The van der Waals surface area contributed by atoms with Crippen LogP contribution in [0.5, 0.6) is 0 Å². The molecule has 0 amide bonds. The van der Waals surface area contributed by atoms with E-state index in [0.29, 0.717) is 11.6 Å². The minimum Gasteiger partial charge on any atom is -0.371 e. The average molecular weight is 334 g/mol. The van der Waals surface area contributed by atoms with Gasteiger partial charge in [0.1, 0.15) is 0 Å². The Morgan fingerprint density at radius 2 is 1.91 bits per heavy atom. The van der Waals surface area contributed by atoms with Crippen LogP contribution in [0.1, 0.15) is 41.9 Å². The van der Waals surface area contributed by atoms with Crippen LogP contribution in [-0.4, -0.2) is 30.1 Å². The quantitative estimate of drug-likeness (QED) is 0.771. The Bertz CT molecular complexity index is 559. The summed E-state index contributed by atoms with van der Waals surface area (Å²) in [5, 5.41) is 0. The maximum atomic E-state index is 13.1. The maximum Gasteiger partial charge on any atom is 0.416 e. The zero-order valence-corrected chi connectivity index (χ0v) is 12.9. The van der Waals surface area contributed by atoms with E-state index in [0.717, 1.165) is 18.7 Å². The number of fused-ring (bicyclic) bond motifs is 3. The Balaban J connectivity index is 0.00000144. The van der Waals surface area contributed by atoms with E-state index in [2.05, 4.69) is 4.90 Å². The van der Waals surface area contributed by atoms with Gasteiger partial charge in [0.15, 0.2) is 0 Å². The summed E-state index contributed by atoms with van der Waals surface area (Å²) in [6.45, 7) is 1.79. The molecular formula is C16H19ClF3NO. The van der Waals surface area contributed by atoms with Gasteiger partial charge in [0.05, 0.1) is 18.3 Å². The summed E-state index contributed by atoms with van der Waals surface area (Å²) in [7, 11) is 0. The number of likely N-dealkylation sites (tertiary alicyclic amines) is 1. The molecule has 2 aliphatic heterocycles. The predicted molar refractivity (Wildman–Crippen MR) is 79.2 cm³/mol. The molecule has 0 N–H and O–H groups in total. The summed E-state index contributed by atoms with van der Waals surface area (Å²) in [5.41, 5.74) is 0.671. The molecule has 0 bridgehead atoms. The van der Waals surface area contributed by atoms with Gasteiger partial charge in [0, 0.05) is 25.0 Å². The predicted octanol–water partition coefficient (Wildman–Crippen LogP) is 3.98.